The number of nitrogens with zero attached hydrogens (tertiary/aromatic N) is 2. The van der Waals surface area contributed by atoms with Crippen LogP contribution < -0.4 is 10.6 Å². The molecule has 0 spiro atoms. The first-order valence-electron chi connectivity index (χ1n) is 10.1. The van der Waals surface area contributed by atoms with Crippen LogP contribution in [-0.4, -0.2) is 35.5 Å². The van der Waals surface area contributed by atoms with Gasteiger partial charge in [0.25, 0.3) is 11.8 Å². The second kappa shape index (κ2) is 10.9. The number of aromatic nitrogens is 1. The van der Waals surface area contributed by atoms with Gasteiger partial charge in [0, 0.05) is 16.9 Å². The lowest BCUT2D eigenvalue weighted by atomic mass is 10.2. The summed E-state index contributed by atoms with van der Waals surface area (Å²) in [5.74, 6) is -1.70. The molecule has 0 atom stereocenters. The largest absolute Gasteiger partial charge is 0.454 e. The summed E-state index contributed by atoms with van der Waals surface area (Å²) in [4.78, 5) is 36.6. The van der Waals surface area contributed by atoms with Crippen LogP contribution in [0.25, 0.3) is 5.69 Å². The minimum atomic E-state index is -0.810. The average molecular weight is 499 g/mol. The standard InChI is InChI=1S/C24H20Cl2N4O4/c1-14-15(2)30(17-6-4-3-5-7-17)23(18(14)11-27)29-21(31)13-34-22(32)12-28-24(33)16-8-9-19(25)20(26)10-16/h3-10H,12-13H2,1-2H3,(H,28,33)(H,29,31). The molecule has 1 aromatic heterocycles. The number of halogens is 2. The second-order valence-electron chi connectivity index (χ2n) is 7.24. The molecule has 0 radical (unpaired) electrons. The number of rotatable bonds is 7. The Labute approximate surface area is 206 Å². The molecule has 1 heterocycles. The van der Waals surface area contributed by atoms with Crippen LogP contribution in [0.3, 0.4) is 0 Å². The fourth-order valence-electron chi connectivity index (χ4n) is 3.22. The zero-order chi connectivity index (χ0) is 24.8. The topological polar surface area (TPSA) is 113 Å². The molecule has 8 nitrogen and oxygen atoms in total. The molecular formula is C24H20Cl2N4O4. The molecule has 0 aliphatic rings. The van der Waals surface area contributed by atoms with Crippen molar-refractivity contribution in [2.75, 3.05) is 18.5 Å². The molecule has 2 N–H and O–H groups in total. The summed E-state index contributed by atoms with van der Waals surface area (Å²) in [6, 6.07) is 15.6. The van der Waals surface area contributed by atoms with Gasteiger partial charge in [0.15, 0.2) is 6.61 Å². The number of hydrogen-bond donors (Lipinski definition) is 2. The van der Waals surface area contributed by atoms with E-state index in [0.29, 0.717) is 10.6 Å². The van der Waals surface area contributed by atoms with Gasteiger partial charge in [-0.05, 0) is 49.7 Å². The van der Waals surface area contributed by atoms with Gasteiger partial charge < -0.3 is 15.4 Å². The molecule has 2 aromatic carbocycles. The third-order valence-corrected chi connectivity index (χ3v) is 5.78. The smallest absolute Gasteiger partial charge is 0.325 e. The predicted octanol–water partition coefficient (Wildman–Crippen LogP) is 4.18. The molecule has 0 unspecified atom stereocenters. The van der Waals surface area contributed by atoms with E-state index in [1.807, 2.05) is 37.3 Å². The average Bonchev–Trinajstić information content (AvgIpc) is 3.07. The van der Waals surface area contributed by atoms with Crippen LogP contribution >= 0.6 is 23.2 Å². The molecular weight excluding hydrogens is 479 g/mol. The van der Waals surface area contributed by atoms with Gasteiger partial charge in [0.1, 0.15) is 18.4 Å². The van der Waals surface area contributed by atoms with Crippen molar-refractivity contribution in [1.29, 1.82) is 5.26 Å². The van der Waals surface area contributed by atoms with Gasteiger partial charge in [0.2, 0.25) is 0 Å². The fraction of sp³-hybridized carbons (Fsp3) is 0.167. The van der Waals surface area contributed by atoms with Crippen molar-refractivity contribution in [2.45, 2.75) is 13.8 Å². The minimum absolute atomic E-state index is 0.205. The summed E-state index contributed by atoms with van der Waals surface area (Å²) in [7, 11) is 0. The van der Waals surface area contributed by atoms with Crippen LogP contribution in [0, 0.1) is 25.2 Å². The first-order valence-corrected chi connectivity index (χ1v) is 10.8. The molecule has 0 saturated heterocycles. The molecule has 0 aliphatic heterocycles. The lowest BCUT2D eigenvalue weighted by Gasteiger charge is -2.13. The van der Waals surface area contributed by atoms with Gasteiger partial charge in [-0.1, -0.05) is 41.4 Å². The van der Waals surface area contributed by atoms with Crippen LogP contribution in [0.2, 0.25) is 10.0 Å². The minimum Gasteiger partial charge on any atom is -0.454 e. The van der Waals surface area contributed by atoms with Gasteiger partial charge in [-0.15, -0.1) is 0 Å². The van der Waals surface area contributed by atoms with Crippen LogP contribution in [0.4, 0.5) is 5.82 Å². The Bertz CT molecular complexity index is 1300. The summed E-state index contributed by atoms with van der Waals surface area (Å²) in [6.07, 6.45) is 0. The Morgan fingerprint density at radius 3 is 2.41 bits per heavy atom. The Morgan fingerprint density at radius 2 is 1.76 bits per heavy atom. The number of ether oxygens (including phenoxy) is 1. The monoisotopic (exact) mass is 498 g/mol. The summed E-state index contributed by atoms with van der Waals surface area (Å²) in [5.41, 5.74) is 2.82. The predicted molar refractivity (Wildman–Crippen MR) is 128 cm³/mol. The highest BCUT2D eigenvalue weighted by atomic mass is 35.5. The third-order valence-electron chi connectivity index (χ3n) is 5.04. The number of benzene rings is 2. The molecule has 0 saturated carbocycles. The van der Waals surface area contributed by atoms with E-state index in [-0.39, 0.29) is 16.4 Å². The van der Waals surface area contributed by atoms with Gasteiger partial charge in [0.05, 0.1) is 15.6 Å². The van der Waals surface area contributed by atoms with Crippen molar-refractivity contribution >= 4 is 46.8 Å². The van der Waals surface area contributed by atoms with E-state index in [2.05, 4.69) is 16.7 Å². The SMILES string of the molecule is Cc1c(C#N)c(NC(=O)COC(=O)CNC(=O)c2ccc(Cl)c(Cl)c2)n(-c2ccccc2)c1C. The molecule has 3 aromatic rings. The van der Waals surface area contributed by atoms with Crippen LogP contribution in [0.15, 0.2) is 48.5 Å². The number of anilines is 1. The number of nitrogens with one attached hydrogen (secondary N) is 2. The van der Waals surface area contributed by atoms with E-state index in [0.717, 1.165) is 16.9 Å². The number of esters is 1. The highest BCUT2D eigenvalue weighted by molar-refractivity contribution is 6.42. The number of amides is 2. The van der Waals surface area contributed by atoms with Crippen LogP contribution in [-0.2, 0) is 14.3 Å². The van der Waals surface area contributed by atoms with Crippen molar-refractivity contribution in [3.05, 3.63) is 81.0 Å². The van der Waals surface area contributed by atoms with Crippen molar-refractivity contribution in [1.82, 2.24) is 9.88 Å². The second-order valence-corrected chi connectivity index (χ2v) is 8.05. The van der Waals surface area contributed by atoms with Crippen LogP contribution in [0.5, 0.6) is 0 Å². The van der Waals surface area contributed by atoms with Crippen molar-refractivity contribution in [3.63, 3.8) is 0 Å². The maximum absolute atomic E-state index is 12.5. The third kappa shape index (κ3) is 5.57. The first-order chi connectivity index (χ1) is 16.2. The molecule has 3 rings (SSSR count). The maximum Gasteiger partial charge on any atom is 0.325 e. The quantitative estimate of drug-likeness (QED) is 0.474. The van der Waals surface area contributed by atoms with E-state index in [1.165, 1.54) is 18.2 Å². The lowest BCUT2D eigenvalue weighted by molar-refractivity contribution is -0.146. The molecule has 0 bridgehead atoms. The van der Waals surface area contributed by atoms with E-state index in [9.17, 15) is 19.6 Å². The number of nitriles is 1. The van der Waals surface area contributed by atoms with Crippen LogP contribution in [0.1, 0.15) is 27.2 Å². The first kappa shape index (κ1) is 24.8. The molecule has 10 heteroatoms. The summed E-state index contributed by atoms with van der Waals surface area (Å²) < 4.78 is 6.71. The molecule has 34 heavy (non-hydrogen) atoms. The van der Waals surface area contributed by atoms with E-state index >= 15 is 0 Å². The Morgan fingerprint density at radius 1 is 1.06 bits per heavy atom. The number of carbonyl (C=O) groups is 3. The molecule has 0 aliphatic carbocycles. The Kier molecular flexibility index (Phi) is 7.95. The van der Waals surface area contributed by atoms with Crippen molar-refractivity contribution in [3.8, 4) is 11.8 Å². The molecule has 174 valence electrons. The van der Waals surface area contributed by atoms with Gasteiger partial charge >= 0.3 is 5.97 Å². The maximum atomic E-state index is 12.5. The number of hydrogen-bond acceptors (Lipinski definition) is 5. The summed E-state index contributed by atoms with van der Waals surface area (Å²) >= 11 is 11.7. The Hall–Kier alpha value is -3.80. The summed E-state index contributed by atoms with van der Waals surface area (Å²) in [6.45, 7) is 2.59. The van der Waals surface area contributed by atoms with Gasteiger partial charge in [-0.3, -0.25) is 19.0 Å². The highest BCUT2D eigenvalue weighted by Gasteiger charge is 2.21. The van der Waals surface area contributed by atoms with Crippen molar-refractivity contribution in [2.24, 2.45) is 0 Å². The van der Waals surface area contributed by atoms with E-state index in [4.69, 9.17) is 27.9 Å². The molecule has 2 amide bonds. The summed E-state index contributed by atoms with van der Waals surface area (Å²) in [5, 5.41) is 15.2. The fourth-order valence-corrected chi connectivity index (χ4v) is 3.52. The van der Waals surface area contributed by atoms with E-state index < -0.39 is 30.9 Å². The number of para-hydroxylation sites is 1. The van der Waals surface area contributed by atoms with Crippen molar-refractivity contribution < 1.29 is 19.1 Å². The lowest BCUT2D eigenvalue weighted by Crippen LogP contribution is -2.32. The normalized spacial score (nSPS) is 10.3. The zero-order valence-electron chi connectivity index (χ0n) is 18.3. The zero-order valence-corrected chi connectivity index (χ0v) is 19.8. The Balaban J connectivity index is 1.61. The highest BCUT2D eigenvalue weighted by Crippen LogP contribution is 2.29. The van der Waals surface area contributed by atoms with E-state index in [1.54, 1.807) is 11.5 Å². The number of carbonyl (C=O) groups excluding carboxylic acids is 3. The molecule has 0 fully saturated rings. The van der Waals surface area contributed by atoms with Gasteiger partial charge in [-0.25, -0.2) is 0 Å². The van der Waals surface area contributed by atoms with Gasteiger partial charge in [-0.2, -0.15) is 5.26 Å².